The molecule has 0 aliphatic heterocycles. The fraction of sp³-hybridized carbons (Fsp3) is 0.200. The molecule has 0 aromatic heterocycles. The van der Waals surface area contributed by atoms with Gasteiger partial charge in [0.05, 0.1) is 0 Å². The molecule has 0 aromatic carbocycles. The Bertz CT molecular complexity index is 502. The summed E-state index contributed by atoms with van der Waals surface area (Å²) in [6, 6.07) is 0. The van der Waals surface area contributed by atoms with Crippen LogP contribution in [0.3, 0.4) is 0 Å². The van der Waals surface area contributed by atoms with Crippen LogP contribution in [0.25, 0.3) is 0 Å². The SMILES string of the molecule is C=C/C=C/C=C/C=C\C(=C/C=C\C)C1C=CC(C)=CC1. The van der Waals surface area contributed by atoms with Crippen molar-refractivity contribution in [2.24, 2.45) is 5.92 Å². The van der Waals surface area contributed by atoms with Crippen molar-refractivity contribution in [3.8, 4) is 0 Å². The number of hydrogen-bond donors (Lipinski definition) is 0. The van der Waals surface area contributed by atoms with Crippen molar-refractivity contribution in [3.05, 3.63) is 96.7 Å². The minimum absolute atomic E-state index is 0.475. The van der Waals surface area contributed by atoms with E-state index in [0.717, 1.165) is 6.42 Å². The summed E-state index contributed by atoms with van der Waals surface area (Å²) in [4.78, 5) is 0. The van der Waals surface area contributed by atoms with Gasteiger partial charge in [-0.3, -0.25) is 0 Å². The van der Waals surface area contributed by atoms with Crippen molar-refractivity contribution in [2.75, 3.05) is 0 Å². The lowest BCUT2D eigenvalue weighted by Crippen LogP contribution is -2.01. The maximum Gasteiger partial charge on any atom is 0.00558 e. The highest BCUT2D eigenvalue weighted by molar-refractivity contribution is 5.35. The van der Waals surface area contributed by atoms with Gasteiger partial charge in [0.1, 0.15) is 0 Å². The average molecular weight is 264 g/mol. The van der Waals surface area contributed by atoms with Gasteiger partial charge in [0.2, 0.25) is 0 Å². The van der Waals surface area contributed by atoms with Crippen LogP contribution in [-0.2, 0) is 0 Å². The molecule has 1 aliphatic rings. The summed E-state index contributed by atoms with van der Waals surface area (Å²) in [5.74, 6) is 0.475. The molecule has 0 N–H and O–H groups in total. The Labute approximate surface area is 123 Å². The summed E-state index contributed by atoms with van der Waals surface area (Å²) >= 11 is 0. The fourth-order valence-electron chi connectivity index (χ4n) is 1.92. The van der Waals surface area contributed by atoms with Crippen LogP contribution in [-0.4, -0.2) is 0 Å². The predicted molar refractivity (Wildman–Crippen MR) is 91.5 cm³/mol. The Kier molecular flexibility index (Phi) is 7.83. The number of hydrogen-bond acceptors (Lipinski definition) is 0. The lowest BCUT2D eigenvalue weighted by Gasteiger charge is -2.15. The van der Waals surface area contributed by atoms with Crippen LogP contribution in [0, 0.1) is 5.92 Å². The van der Waals surface area contributed by atoms with E-state index in [1.54, 1.807) is 6.08 Å². The van der Waals surface area contributed by atoms with E-state index in [1.807, 2.05) is 31.2 Å². The summed E-state index contributed by atoms with van der Waals surface area (Å²) in [5, 5.41) is 0. The maximum atomic E-state index is 3.64. The highest BCUT2D eigenvalue weighted by atomic mass is 14.1. The molecule has 104 valence electrons. The molecule has 0 nitrogen and oxygen atoms in total. The highest BCUT2D eigenvalue weighted by Gasteiger charge is 2.09. The molecular weight excluding hydrogens is 240 g/mol. The van der Waals surface area contributed by atoms with E-state index in [-0.39, 0.29) is 0 Å². The first-order valence-corrected chi connectivity index (χ1v) is 7.08. The van der Waals surface area contributed by atoms with E-state index >= 15 is 0 Å². The first-order chi connectivity index (χ1) is 9.77. The molecule has 1 rings (SSSR count). The predicted octanol–water partition coefficient (Wildman–Crippen LogP) is 5.87. The quantitative estimate of drug-likeness (QED) is 0.527. The molecule has 1 unspecified atom stereocenters. The third-order valence-corrected chi connectivity index (χ3v) is 3.06. The van der Waals surface area contributed by atoms with Crippen molar-refractivity contribution in [3.63, 3.8) is 0 Å². The molecule has 1 atom stereocenters. The Morgan fingerprint density at radius 2 is 1.90 bits per heavy atom. The Morgan fingerprint density at radius 3 is 2.55 bits per heavy atom. The lowest BCUT2D eigenvalue weighted by molar-refractivity contribution is 0.780. The molecule has 0 saturated carbocycles. The molecule has 0 saturated heterocycles. The molecule has 0 heterocycles. The lowest BCUT2D eigenvalue weighted by atomic mass is 9.89. The van der Waals surface area contributed by atoms with Gasteiger partial charge in [0.25, 0.3) is 0 Å². The zero-order valence-electron chi connectivity index (χ0n) is 12.5. The summed E-state index contributed by atoms with van der Waals surface area (Å²) in [7, 11) is 0. The van der Waals surface area contributed by atoms with Crippen molar-refractivity contribution >= 4 is 0 Å². The van der Waals surface area contributed by atoms with Gasteiger partial charge in [0, 0.05) is 5.92 Å². The zero-order chi connectivity index (χ0) is 14.6. The van der Waals surface area contributed by atoms with Crippen LogP contribution < -0.4 is 0 Å². The fourth-order valence-corrected chi connectivity index (χ4v) is 1.92. The normalized spacial score (nSPS) is 20.6. The van der Waals surface area contributed by atoms with Gasteiger partial charge < -0.3 is 0 Å². The zero-order valence-corrected chi connectivity index (χ0v) is 12.5. The number of rotatable bonds is 6. The van der Waals surface area contributed by atoms with E-state index in [4.69, 9.17) is 0 Å². The molecule has 0 fully saturated rings. The largest absolute Gasteiger partial charge is 0.0991 e. The van der Waals surface area contributed by atoms with Gasteiger partial charge >= 0.3 is 0 Å². The summed E-state index contributed by atoms with van der Waals surface area (Å²) in [6.45, 7) is 7.82. The van der Waals surface area contributed by atoms with Gasteiger partial charge in [-0.1, -0.05) is 91.1 Å². The van der Waals surface area contributed by atoms with Gasteiger partial charge in [-0.25, -0.2) is 0 Å². The van der Waals surface area contributed by atoms with Crippen molar-refractivity contribution in [1.82, 2.24) is 0 Å². The van der Waals surface area contributed by atoms with Gasteiger partial charge in [0.15, 0.2) is 0 Å². The van der Waals surface area contributed by atoms with E-state index < -0.39 is 0 Å². The topological polar surface area (TPSA) is 0 Å². The first kappa shape index (κ1) is 16.0. The molecule has 0 aromatic rings. The van der Waals surface area contributed by atoms with Crippen LogP contribution in [0.15, 0.2) is 96.7 Å². The smallest absolute Gasteiger partial charge is 0.00558 e. The minimum atomic E-state index is 0.475. The standard InChI is InChI=1S/C20H24/c1-4-6-8-9-10-11-13-19(12-7-5-2)20-16-14-18(3)15-17-20/h4-16,20H,1,17H2,2-3H3/b7-5-,8-6+,10-9+,13-11-,19-12+. The van der Waals surface area contributed by atoms with Gasteiger partial charge in [-0.2, -0.15) is 0 Å². The van der Waals surface area contributed by atoms with E-state index in [2.05, 4.69) is 62.1 Å². The second-order valence-corrected chi connectivity index (χ2v) is 4.71. The van der Waals surface area contributed by atoms with Crippen LogP contribution >= 0.6 is 0 Å². The molecule has 1 aliphatic carbocycles. The summed E-state index contributed by atoms with van der Waals surface area (Å²) < 4.78 is 0. The molecule has 0 radical (unpaired) electrons. The van der Waals surface area contributed by atoms with Crippen LogP contribution in [0.2, 0.25) is 0 Å². The van der Waals surface area contributed by atoms with Crippen LogP contribution in [0.1, 0.15) is 20.3 Å². The Balaban J connectivity index is 2.73. The van der Waals surface area contributed by atoms with Crippen LogP contribution in [0.5, 0.6) is 0 Å². The third-order valence-electron chi connectivity index (χ3n) is 3.06. The van der Waals surface area contributed by atoms with Crippen LogP contribution in [0.4, 0.5) is 0 Å². The van der Waals surface area contributed by atoms with Gasteiger partial charge in [-0.05, 0) is 25.8 Å². The Morgan fingerprint density at radius 1 is 1.15 bits per heavy atom. The highest BCUT2D eigenvalue weighted by Crippen LogP contribution is 2.24. The molecule has 0 heteroatoms. The summed E-state index contributed by atoms with van der Waals surface area (Å²) in [5.41, 5.74) is 2.69. The third kappa shape index (κ3) is 6.19. The van der Waals surface area contributed by atoms with E-state index in [0.29, 0.717) is 5.92 Å². The van der Waals surface area contributed by atoms with Crippen molar-refractivity contribution < 1.29 is 0 Å². The minimum Gasteiger partial charge on any atom is -0.0991 e. The Hall–Kier alpha value is -2.08. The van der Waals surface area contributed by atoms with E-state index in [9.17, 15) is 0 Å². The number of allylic oxidation sites excluding steroid dienone is 15. The molecule has 20 heavy (non-hydrogen) atoms. The second-order valence-electron chi connectivity index (χ2n) is 4.71. The first-order valence-electron chi connectivity index (χ1n) is 7.08. The van der Waals surface area contributed by atoms with E-state index in [1.165, 1.54) is 11.1 Å². The monoisotopic (exact) mass is 264 g/mol. The molecule has 0 spiro atoms. The maximum absolute atomic E-state index is 3.64. The molecule has 0 amide bonds. The average Bonchev–Trinajstić information content (AvgIpc) is 2.47. The van der Waals surface area contributed by atoms with Crippen molar-refractivity contribution in [1.29, 1.82) is 0 Å². The second kappa shape index (κ2) is 9.80. The summed E-state index contributed by atoms with van der Waals surface area (Å²) in [6.07, 6.45) is 28.2. The molecule has 0 bridgehead atoms. The van der Waals surface area contributed by atoms with Crippen molar-refractivity contribution in [2.45, 2.75) is 20.3 Å². The van der Waals surface area contributed by atoms with Gasteiger partial charge in [-0.15, -0.1) is 0 Å². The molecular formula is C20H24.